The summed E-state index contributed by atoms with van der Waals surface area (Å²) >= 11 is 0. The van der Waals surface area contributed by atoms with Crippen molar-refractivity contribution in [2.24, 2.45) is 5.73 Å². The highest BCUT2D eigenvalue weighted by atomic mass is 19.2. The highest BCUT2D eigenvalue weighted by Crippen LogP contribution is 2.23. The van der Waals surface area contributed by atoms with E-state index in [1.54, 1.807) is 13.8 Å². The summed E-state index contributed by atoms with van der Waals surface area (Å²) in [6.07, 6.45) is -0.948. The highest BCUT2D eigenvalue weighted by Gasteiger charge is 2.19. The van der Waals surface area contributed by atoms with E-state index in [-0.39, 0.29) is 18.2 Å². The van der Waals surface area contributed by atoms with Crippen LogP contribution in [0.15, 0.2) is 12.1 Å². The molecule has 0 aliphatic carbocycles. The second-order valence-electron chi connectivity index (χ2n) is 3.70. The van der Waals surface area contributed by atoms with Crippen molar-refractivity contribution in [3.63, 3.8) is 0 Å². The summed E-state index contributed by atoms with van der Waals surface area (Å²) in [6.45, 7) is 3.50. The van der Waals surface area contributed by atoms with E-state index in [1.807, 2.05) is 0 Å². The second-order valence-corrected chi connectivity index (χ2v) is 3.70. The fourth-order valence-corrected chi connectivity index (χ4v) is 1.37. The van der Waals surface area contributed by atoms with Crippen molar-refractivity contribution in [2.75, 3.05) is 6.54 Å². The van der Waals surface area contributed by atoms with E-state index in [1.165, 1.54) is 0 Å². The third-order valence-corrected chi connectivity index (χ3v) is 2.04. The molecule has 16 heavy (non-hydrogen) atoms. The molecule has 0 aliphatic rings. The number of nitrogens with two attached hydrogens (primary N) is 1. The Balaban J connectivity index is 3.05. The Bertz CT molecular complexity index is 368. The fraction of sp³-hybridized carbons (Fsp3) is 0.455. The van der Waals surface area contributed by atoms with Crippen LogP contribution in [0, 0.1) is 17.5 Å². The van der Waals surface area contributed by atoms with Crippen molar-refractivity contribution in [2.45, 2.75) is 26.1 Å². The van der Waals surface area contributed by atoms with E-state index in [4.69, 9.17) is 10.5 Å². The quantitative estimate of drug-likeness (QED) is 0.811. The van der Waals surface area contributed by atoms with E-state index in [9.17, 15) is 13.2 Å². The zero-order valence-corrected chi connectivity index (χ0v) is 9.14. The molecule has 2 nitrogen and oxygen atoms in total. The number of hydrogen-bond acceptors (Lipinski definition) is 2. The molecule has 2 N–H and O–H groups in total. The van der Waals surface area contributed by atoms with E-state index >= 15 is 0 Å². The molecule has 0 aliphatic heterocycles. The van der Waals surface area contributed by atoms with Gasteiger partial charge < -0.3 is 10.5 Å². The molecular formula is C11H14F3NO. The Kier molecular flexibility index (Phi) is 4.32. The van der Waals surface area contributed by atoms with Gasteiger partial charge in [-0.25, -0.2) is 13.2 Å². The molecule has 0 aromatic heterocycles. The van der Waals surface area contributed by atoms with Crippen LogP contribution in [0.2, 0.25) is 0 Å². The molecule has 90 valence electrons. The number of hydrogen-bond donors (Lipinski definition) is 1. The molecule has 0 fully saturated rings. The van der Waals surface area contributed by atoms with Crippen molar-refractivity contribution in [1.29, 1.82) is 0 Å². The minimum atomic E-state index is -1.22. The average molecular weight is 233 g/mol. The first-order chi connectivity index (χ1) is 7.45. The predicted octanol–water partition coefficient (Wildman–Crippen LogP) is 2.53. The Morgan fingerprint density at radius 2 is 1.69 bits per heavy atom. The van der Waals surface area contributed by atoms with Gasteiger partial charge in [0.1, 0.15) is 5.82 Å². The molecule has 0 bridgehead atoms. The topological polar surface area (TPSA) is 35.2 Å². The van der Waals surface area contributed by atoms with Crippen molar-refractivity contribution >= 4 is 0 Å². The maximum atomic E-state index is 13.4. The van der Waals surface area contributed by atoms with Gasteiger partial charge in [-0.3, -0.25) is 0 Å². The molecule has 0 radical (unpaired) electrons. The predicted molar refractivity (Wildman–Crippen MR) is 54.3 cm³/mol. The molecule has 0 amide bonds. The molecule has 0 spiro atoms. The van der Waals surface area contributed by atoms with Crippen LogP contribution in [0.4, 0.5) is 13.2 Å². The third kappa shape index (κ3) is 2.96. The van der Waals surface area contributed by atoms with Gasteiger partial charge in [0.05, 0.1) is 12.2 Å². The summed E-state index contributed by atoms with van der Waals surface area (Å²) in [7, 11) is 0. The molecule has 1 rings (SSSR count). The van der Waals surface area contributed by atoms with Crippen LogP contribution in [0.3, 0.4) is 0 Å². The molecule has 0 saturated carbocycles. The van der Waals surface area contributed by atoms with Gasteiger partial charge in [-0.05, 0) is 19.9 Å². The molecule has 0 heterocycles. The SMILES string of the molecule is CC(C)OC(CN)c1cc(F)c(F)cc1F. The van der Waals surface area contributed by atoms with E-state index < -0.39 is 23.6 Å². The summed E-state index contributed by atoms with van der Waals surface area (Å²) in [5, 5.41) is 0. The largest absolute Gasteiger partial charge is 0.369 e. The molecule has 5 heteroatoms. The summed E-state index contributed by atoms with van der Waals surface area (Å²) < 4.78 is 44.3. The average Bonchev–Trinajstić information content (AvgIpc) is 2.20. The Hall–Kier alpha value is -1.07. The normalized spacial score (nSPS) is 13.2. The number of benzene rings is 1. The second kappa shape index (κ2) is 5.32. The number of halogens is 3. The van der Waals surface area contributed by atoms with Crippen LogP contribution < -0.4 is 5.73 Å². The fourth-order valence-electron chi connectivity index (χ4n) is 1.37. The molecule has 1 atom stereocenters. The smallest absolute Gasteiger partial charge is 0.161 e. The van der Waals surface area contributed by atoms with Gasteiger partial charge in [0.25, 0.3) is 0 Å². The number of rotatable bonds is 4. The van der Waals surface area contributed by atoms with Gasteiger partial charge in [0, 0.05) is 18.2 Å². The monoisotopic (exact) mass is 233 g/mol. The van der Waals surface area contributed by atoms with Crippen molar-refractivity contribution in [3.8, 4) is 0 Å². The molecular weight excluding hydrogens is 219 g/mol. The molecule has 1 aromatic rings. The molecule has 1 unspecified atom stereocenters. The minimum Gasteiger partial charge on any atom is -0.369 e. The standard InChI is InChI=1S/C11H14F3NO/c1-6(2)16-11(5-15)7-3-9(13)10(14)4-8(7)12/h3-4,6,11H,5,15H2,1-2H3. The Labute approximate surface area is 92.2 Å². The zero-order chi connectivity index (χ0) is 12.3. The lowest BCUT2D eigenvalue weighted by atomic mass is 10.1. The van der Waals surface area contributed by atoms with Gasteiger partial charge >= 0.3 is 0 Å². The highest BCUT2D eigenvalue weighted by molar-refractivity contribution is 5.22. The van der Waals surface area contributed by atoms with E-state index in [0.717, 1.165) is 6.07 Å². The minimum absolute atomic E-state index is 0.000171. The summed E-state index contributed by atoms with van der Waals surface area (Å²) in [4.78, 5) is 0. The summed E-state index contributed by atoms with van der Waals surface area (Å²) in [5.74, 6) is -3.18. The van der Waals surface area contributed by atoms with E-state index in [0.29, 0.717) is 6.07 Å². The first kappa shape index (κ1) is 13.0. The summed E-state index contributed by atoms with van der Waals surface area (Å²) in [6, 6.07) is 1.28. The van der Waals surface area contributed by atoms with Crippen molar-refractivity contribution in [1.82, 2.24) is 0 Å². The molecule has 1 aromatic carbocycles. The maximum Gasteiger partial charge on any atom is 0.161 e. The van der Waals surface area contributed by atoms with Crippen LogP contribution in [0.1, 0.15) is 25.5 Å². The lowest BCUT2D eigenvalue weighted by Gasteiger charge is -2.19. The Morgan fingerprint density at radius 3 is 2.19 bits per heavy atom. The van der Waals surface area contributed by atoms with Crippen LogP contribution in [-0.4, -0.2) is 12.6 Å². The van der Waals surface area contributed by atoms with E-state index in [2.05, 4.69) is 0 Å². The first-order valence-corrected chi connectivity index (χ1v) is 4.95. The first-order valence-electron chi connectivity index (χ1n) is 4.95. The van der Waals surface area contributed by atoms with Crippen LogP contribution >= 0.6 is 0 Å². The maximum absolute atomic E-state index is 13.4. The van der Waals surface area contributed by atoms with Crippen LogP contribution in [0.25, 0.3) is 0 Å². The third-order valence-electron chi connectivity index (χ3n) is 2.04. The van der Waals surface area contributed by atoms with Crippen molar-refractivity contribution in [3.05, 3.63) is 35.1 Å². The molecule has 0 saturated heterocycles. The van der Waals surface area contributed by atoms with Gasteiger partial charge in [0.15, 0.2) is 11.6 Å². The van der Waals surface area contributed by atoms with Gasteiger partial charge in [0.2, 0.25) is 0 Å². The van der Waals surface area contributed by atoms with Gasteiger partial charge in [-0.1, -0.05) is 0 Å². The Morgan fingerprint density at radius 1 is 1.12 bits per heavy atom. The van der Waals surface area contributed by atoms with Crippen molar-refractivity contribution < 1.29 is 17.9 Å². The lowest BCUT2D eigenvalue weighted by molar-refractivity contribution is 0.00981. The lowest BCUT2D eigenvalue weighted by Crippen LogP contribution is -2.20. The van der Waals surface area contributed by atoms with Gasteiger partial charge in [-0.2, -0.15) is 0 Å². The zero-order valence-electron chi connectivity index (χ0n) is 9.14. The summed E-state index contributed by atoms with van der Waals surface area (Å²) in [5.41, 5.74) is 5.34. The van der Waals surface area contributed by atoms with Gasteiger partial charge in [-0.15, -0.1) is 0 Å². The van der Waals surface area contributed by atoms with Crippen LogP contribution in [0.5, 0.6) is 0 Å². The van der Waals surface area contributed by atoms with Crippen LogP contribution in [-0.2, 0) is 4.74 Å². The number of ether oxygens (including phenoxy) is 1.